The minimum absolute atomic E-state index is 0.103. The predicted octanol–water partition coefficient (Wildman–Crippen LogP) is 1.88. The SMILES string of the molecule is Cc1ccc(C)c(S(=O)(=O)N2CCN(C(=O)[C@@H]3[C@H]4CC[C@@H](C4)[C@H]3C(=O)O)CC2)c1. The Bertz CT molecular complexity index is 936. The van der Waals surface area contributed by atoms with Gasteiger partial charge in [0.2, 0.25) is 15.9 Å². The van der Waals surface area contributed by atoms with Crippen LogP contribution in [0.2, 0.25) is 0 Å². The van der Waals surface area contributed by atoms with Gasteiger partial charge in [-0.3, -0.25) is 9.59 Å². The molecule has 1 N–H and O–H groups in total. The normalized spacial score (nSPS) is 29.9. The van der Waals surface area contributed by atoms with Crippen molar-refractivity contribution in [1.29, 1.82) is 0 Å². The van der Waals surface area contributed by atoms with Crippen LogP contribution in [-0.2, 0) is 19.6 Å². The van der Waals surface area contributed by atoms with E-state index in [2.05, 4.69) is 0 Å². The highest BCUT2D eigenvalue weighted by Crippen LogP contribution is 2.53. The molecule has 1 aromatic carbocycles. The van der Waals surface area contributed by atoms with Crippen molar-refractivity contribution in [3.8, 4) is 0 Å². The molecule has 1 saturated heterocycles. The maximum absolute atomic E-state index is 13.1. The average molecular weight is 421 g/mol. The minimum atomic E-state index is -3.61. The number of sulfonamides is 1. The molecule has 2 aliphatic carbocycles. The Balaban J connectivity index is 1.46. The summed E-state index contributed by atoms with van der Waals surface area (Å²) in [6, 6.07) is 5.39. The van der Waals surface area contributed by atoms with Crippen LogP contribution in [0.25, 0.3) is 0 Å². The molecule has 3 aliphatic rings. The highest BCUT2D eigenvalue weighted by molar-refractivity contribution is 7.89. The van der Waals surface area contributed by atoms with Crippen LogP contribution in [0.15, 0.2) is 23.1 Å². The number of rotatable bonds is 4. The van der Waals surface area contributed by atoms with Gasteiger partial charge in [-0.05, 0) is 62.1 Å². The Morgan fingerprint density at radius 3 is 2.24 bits per heavy atom. The minimum Gasteiger partial charge on any atom is -0.481 e. The van der Waals surface area contributed by atoms with Gasteiger partial charge < -0.3 is 10.0 Å². The van der Waals surface area contributed by atoms with Crippen LogP contribution < -0.4 is 0 Å². The van der Waals surface area contributed by atoms with Gasteiger partial charge in [0.25, 0.3) is 0 Å². The van der Waals surface area contributed by atoms with Crippen molar-refractivity contribution < 1.29 is 23.1 Å². The Kier molecular flexibility index (Phi) is 5.19. The van der Waals surface area contributed by atoms with Gasteiger partial charge in [0.05, 0.1) is 16.7 Å². The zero-order valence-corrected chi connectivity index (χ0v) is 17.7. The molecule has 3 fully saturated rings. The molecule has 7 nitrogen and oxygen atoms in total. The summed E-state index contributed by atoms with van der Waals surface area (Å²) in [5.74, 6) is -1.74. The van der Waals surface area contributed by atoms with E-state index in [-0.39, 0.29) is 30.8 Å². The van der Waals surface area contributed by atoms with E-state index >= 15 is 0 Å². The molecule has 8 heteroatoms. The molecule has 2 bridgehead atoms. The van der Waals surface area contributed by atoms with Gasteiger partial charge in [-0.15, -0.1) is 0 Å². The lowest BCUT2D eigenvalue weighted by atomic mass is 9.78. The highest BCUT2D eigenvalue weighted by atomic mass is 32.2. The van der Waals surface area contributed by atoms with E-state index < -0.39 is 27.8 Å². The lowest BCUT2D eigenvalue weighted by molar-refractivity contribution is -0.153. The van der Waals surface area contributed by atoms with Gasteiger partial charge in [0.1, 0.15) is 0 Å². The van der Waals surface area contributed by atoms with Gasteiger partial charge in [-0.1, -0.05) is 12.1 Å². The molecule has 0 spiro atoms. The topological polar surface area (TPSA) is 95.0 Å². The Morgan fingerprint density at radius 1 is 1.00 bits per heavy atom. The number of carboxylic acids is 1. The van der Waals surface area contributed by atoms with Gasteiger partial charge in [0.15, 0.2) is 0 Å². The maximum atomic E-state index is 13.1. The van der Waals surface area contributed by atoms with E-state index in [4.69, 9.17) is 0 Å². The summed E-state index contributed by atoms with van der Waals surface area (Å²) in [6.45, 7) is 4.74. The standard InChI is InChI=1S/C21H28N2O5S/c1-13-3-4-14(2)17(11-13)29(27,28)23-9-7-22(8-10-23)20(24)18-15-5-6-16(12-15)19(18)21(25)26/h3-4,11,15-16,18-19H,5-10,12H2,1-2H3,(H,25,26)/t15-,16-,18+,19+/m0/s1. The molecule has 1 heterocycles. The second kappa shape index (κ2) is 7.40. The zero-order valence-electron chi connectivity index (χ0n) is 16.9. The summed E-state index contributed by atoms with van der Waals surface area (Å²) in [4.78, 5) is 26.8. The lowest BCUT2D eigenvalue weighted by Gasteiger charge is -2.38. The molecule has 4 atom stereocenters. The largest absolute Gasteiger partial charge is 0.481 e. The summed E-state index contributed by atoms with van der Waals surface area (Å²) in [5, 5.41) is 9.62. The zero-order chi connectivity index (χ0) is 20.9. The number of hydrogen-bond donors (Lipinski definition) is 1. The number of aryl methyl sites for hydroxylation is 2. The second-order valence-corrected chi connectivity index (χ2v) is 10.6. The monoisotopic (exact) mass is 420 g/mol. The third-order valence-corrected chi connectivity index (χ3v) is 9.04. The third-order valence-electron chi connectivity index (χ3n) is 7.00. The first-order chi connectivity index (χ1) is 13.7. The molecule has 4 rings (SSSR count). The van der Waals surface area contributed by atoms with Crippen molar-refractivity contribution in [3.05, 3.63) is 29.3 Å². The molecular formula is C21H28N2O5S. The molecular weight excluding hydrogens is 392 g/mol. The molecule has 0 radical (unpaired) electrons. The summed E-state index contributed by atoms with van der Waals surface area (Å²) >= 11 is 0. The molecule has 1 amide bonds. The Labute approximate surface area is 171 Å². The number of benzene rings is 1. The van der Waals surface area contributed by atoms with E-state index in [1.54, 1.807) is 17.9 Å². The summed E-state index contributed by atoms with van der Waals surface area (Å²) in [5.41, 5.74) is 1.60. The predicted molar refractivity (Wildman–Crippen MR) is 107 cm³/mol. The number of carbonyl (C=O) groups is 2. The van der Waals surface area contributed by atoms with Crippen LogP contribution in [0.3, 0.4) is 0 Å². The molecule has 29 heavy (non-hydrogen) atoms. The number of piperazine rings is 1. The van der Waals surface area contributed by atoms with E-state index in [1.165, 1.54) is 4.31 Å². The number of hydrogen-bond acceptors (Lipinski definition) is 4. The number of carbonyl (C=O) groups excluding carboxylic acids is 1. The number of fused-ring (bicyclic) bond motifs is 2. The fourth-order valence-corrected chi connectivity index (χ4v) is 7.22. The van der Waals surface area contributed by atoms with E-state index in [0.717, 1.165) is 24.8 Å². The van der Waals surface area contributed by atoms with Crippen LogP contribution in [0, 0.1) is 37.5 Å². The number of carboxylic acid groups (broad SMARTS) is 1. The fourth-order valence-electron chi connectivity index (χ4n) is 5.49. The molecule has 0 aromatic heterocycles. The van der Waals surface area contributed by atoms with Crippen molar-refractivity contribution in [1.82, 2.24) is 9.21 Å². The van der Waals surface area contributed by atoms with Crippen LogP contribution in [0.1, 0.15) is 30.4 Å². The Morgan fingerprint density at radius 2 is 1.62 bits per heavy atom. The van der Waals surface area contributed by atoms with Crippen LogP contribution in [0.5, 0.6) is 0 Å². The van der Waals surface area contributed by atoms with E-state index in [1.807, 2.05) is 19.1 Å². The van der Waals surface area contributed by atoms with Crippen molar-refractivity contribution in [3.63, 3.8) is 0 Å². The number of aliphatic carboxylic acids is 1. The van der Waals surface area contributed by atoms with E-state index in [0.29, 0.717) is 23.5 Å². The molecule has 1 aromatic rings. The van der Waals surface area contributed by atoms with Crippen molar-refractivity contribution >= 4 is 21.9 Å². The average Bonchev–Trinajstić information content (AvgIpc) is 3.31. The summed E-state index contributed by atoms with van der Waals surface area (Å²) < 4.78 is 27.6. The first-order valence-electron chi connectivity index (χ1n) is 10.3. The van der Waals surface area contributed by atoms with Crippen LogP contribution >= 0.6 is 0 Å². The number of amides is 1. The Hall–Kier alpha value is -1.93. The molecule has 2 saturated carbocycles. The quantitative estimate of drug-likeness (QED) is 0.803. The van der Waals surface area contributed by atoms with Crippen molar-refractivity contribution in [2.45, 2.75) is 38.0 Å². The van der Waals surface area contributed by atoms with Crippen LogP contribution in [-0.4, -0.2) is 60.8 Å². The molecule has 1 aliphatic heterocycles. The van der Waals surface area contributed by atoms with Crippen LogP contribution in [0.4, 0.5) is 0 Å². The van der Waals surface area contributed by atoms with Gasteiger partial charge >= 0.3 is 5.97 Å². The van der Waals surface area contributed by atoms with Gasteiger partial charge in [-0.2, -0.15) is 4.31 Å². The maximum Gasteiger partial charge on any atom is 0.307 e. The summed E-state index contributed by atoms with van der Waals surface area (Å²) in [6.07, 6.45) is 2.65. The first kappa shape index (κ1) is 20.3. The summed E-state index contributed by atoms with van der Waals surface area (Å²) in [7, 11) is -3.61. The smallest absolute Gasteiger partial charge is 0.307 e. The van der Waals surface area contributed by atoms with Crippen molar-refractivity contribution in [2.24, 2.45) is 23.7 Å². The van der Waals surface area contributed by atoms with Gasteiger partial charge in [-0.25, -0.2) is 8.42 Å². The first-order valence-corrected chi connectivity index (χ1v) is 11.7. The third kappa shape index (κ3) is 3.46. The van der Waals surface area contributed by atoms with Crippen molar-refractivity contribution in [2.75, 3.05) is 26.2 Å². The molecule has 0 unspecified atom stereocenters. The number of nitrogens with zero attached hydrogens (tertiary/aromatic N) is 2. The second-order valence-electron chi connectivity index (χ2n) is 8.72. The highest BCUT2D eigenvalue weighted by Gasteiger charge is 2.55. The lowest BCUT2D eigenvalue weighted by Crippen LogP contribution is -2.53. The van der Waals surface area contributed by atoms with E-state index in [9.17, 15) is 23.1 Å². The fraction of sp³-hybridized carbons (Fsp3) is 0.619. The molecule has 158 valence electrons. The van der Waals surface area contributed by atoms with Gasteiger partial charge in [0, 0.05) is 26.2 Å².